The van der Waals surface area contributed by atoms with E-state index >= 15 is 0 Å². The molecule has 0 aliphatic carbocycles. The SMILES string of the molecule is CN=C(NCCC1=CCOCC1)NC1CCN(C(=O)OC)CC1.I. The van der Waals surface area contributed by atoms with Gasteiger partial charge in [0, 0.05) is 32.7 Å². The smallest absolute Gasteiger partial charge is 0.409 e. The molecule has 24 heavy (non-hydrogen) atoms. The number of methoxy groups -OCH3 is 1. The summed E-state index contributed by atoms with van der Waals surface area (Å²) in [6.07, 6.45) is 5.78. The van der Waals surface area contributed by atoms with E-state index in [2.05, 4.69) is 21.7 Å². The third kappa shape index (κ3) is 6.84. The highest BCUT2D eigenvalue weighted by atomic mass is 127. The second-order valence-electron chi connectivity index (χ2n) is 5.81. The van der Waals surface area contributed by atoms with Crippen molar-refractivity contribution < 1.29 is 14.3 Å². The first-order valence-electron chi connectivity index (χ1n) is 8.28. The van der Waals surface area contributed by atoms with Crippen molar-refractivity contribution in [2.75, 3.05) is 47.0 Å². The summed E-state index contributed by atoms with van der Waals surface area (Å²) in [6.45, 7) is 3.87. The van der Waals surface area contributed by atoms with Crippen molar-refractivity contribution in [1.29, 1.82) is 0 Å². The van der Waals surface area contributed by atoms with Crippen LogP contribution in [0.15, 0.2) is 16.6 Å². The predicted octanol–water partition coefficient (Wildman–Crippen LogP) is 1.74. The average molecular weight is 452 g/mol. The average Bonchev–Trinajstić information content (AvgIpc) is 2.61. The molecule has 1 fully saturated rings. The maximum Gasteiger partial charge on any atom is 0.409 e. The number of nitrogens with one attached hydrogen (secondary N) is 2. The number of piperidine rings is 1. The van der Waals surface area contributed by atoms with Crippen LogP contribution in [-0.2, 0) is 9.47 Å². The molecule has 7 nitrogen and oxygen atoms in total. The van der Waals surface area contributed by atoms with E-state index < -0.39 is 0 Å². The van der Waals surface area contributed by atoms with Crippen molar-refractivity contribution in [3.63, 3.8) is 0 Å². The Hall–Kier alpha value is -1.03. The van der Waals surface area contributed by atoms with Gasteiger partial charge < -0.3 is 25.0 Å². The molecule has 0 spiro atoms. The molecule has 0 saturated carbocycles. The van der Waals surface area contributed by atoms with Gasteiger partial charge in [-0.15, -0.1) is 24.0 Å². The Morgan fingerprint density at radius 1 is 1.46 bits per heavy atom. The van der Waals surface area contributed by atoms with Crippen molar-refractivity contribution in [2.24, 2.45) is 4.99 Å². The zero-order valence-electron chi connectivity index (χ0n) is 14.5. The molecule has 2 aliphatic heterocycles. The summed E-state index contributed by atoms with van der Waals surface area (Å²) in [5.41, 5.74) is 1.45. The Labute approximate surface area is 161 Å². The second kappa shape index (κ2) is 11.5. The summed E-state index contributed by atoms with van der Waals surface area (Å²) in [7, 11) is 3.21. The van der Waals surface area contributed by atoms with Crippen molar-refractivity contribution in [1.82, 2.24) is 15.5 Å². The lowest BCUT2D eigenvalue weighted by atomic mass is 10.1. The minimum absolute atomic E-state index is 0. The van der Waals surface area contributed by atoms with Gasteiger partial charge in [0.1, 0.15) is 0 Å². The summed E-state index contributed by atoms with van der Waals surface area (Å²) in [5, 5.41) is 6.80. The topological polar surface area (TPSA) is 75.2 Å². The van der Waals surface area contributed by atoms with Crippen LogP contribution in [0.25, 0.3) is 0 Å². The Morgan fingerprint density at radius 2 is 2.21 bits per heavy atom. The van der Waals surface area contributed by atoms with Crippen molar-refractivity contribution in [3.8, 4) is 0 Å². The molecule has 0 bridgehead atoms. The molecule has 138 valence electrons. The lowest BCUT2D eigenvalue weighted by Gasteiger charge is -2.32. The third-order valence-electron chi connectivity index (χ3n) is 4.29. The summed E-state index contributed by atoms with van der Waals surface area (Å²) in [6, 6.07) is 0.337. The largest absolute Gasteiger partial charge is 0.453 e. The standard InChI is InChI=1S/C16H28N4O3.HI/c1-17-15(18-8-3-13-6-11-23-12-7-13)19-14-4-9-20(10-5-14)16(21)22-2;/h6,14H,3-5,7-12H2,1-2H3,(H2,17,18,19);1H. The highest BCUT2D eigenvalue weighted by Gasteiger charge is 2.23. The van der Waals surface area contributed by atoms with Gasteiger partial charge in [-0.05, 0) is 25.7 Å². The van der Waals surface area contributed by atoms with Crippen molar-refractivity contribution >= 4 is 36.0 Å². The van der Waals surface area contributed by atoms with Gasteiger partial charge in [-0.1, -0.05) is 11.6 Å². The van der Waals surface area contributed by atoms with Crippen LogP contribution in [0.4, 0.5) is 4.79 Å². The maximum absolute atomic E-state index is 11.5. The van der Waals surface area contributed by atoms with E-state index in [-0.39, 0.29) is 30.1 Å². The van der Waals surface area contributed by atoms with E-state index in [4.69, 9.17) is 9.47 Å². The number of halogens is 1. The molecule has 0 aromatic rings. The minimum atomic E-state index is -0.240. The molecule has 0 aromatic carbocycles. The number of aliphatic imine (C=N–C) groups is 1. The van der Waals surface area contributed by atoms with Crippen LogP contribution >= 0.6 is 24.0 Å². The number of ether oxygens (including phenoxy) is 2. The van der Waals surface area contributed by atoms with E-state index in [1.807, 2.05) is 0 Å². The third-order valence-corrected chi connectivity index (χ3v) is 4.29. The minimum Gasteiger partial charge on any atom is -0.453 e. The van der Waals surface area contributed by atoms with Crippen LogP contribution in [0.1, 0.15) is 25.7 Å². The first kappa shape index (κ1) is 21.0. The van der Waals surface area contributed by atoms with Gasteiger partial charge in [0.15, 0.2) is 5.96 Å². The molecule has 8 heteroatoms. The van der Waals surface area contributed by atoms with Crippen LogP contribution in [-0.4, -0.2) is 70.0 Å². The van der Waals surface area contributed by atoms with Gasteiger partial charge in [0.25, 0.3) is 0 Å². The number of amides is 1. The Morgan fingerprint density at radius 3 is 2.79 bits per heavy atom. The fourth-order valence-corrected chi connectivity index (χ4v) is 2.86. The number of likely N-dealkylation sites (tertiary alicyclic amines) is 1. The zero-order chi connectivity index (χ0) is 16.5. The molecule has 2 N–H and O–H groups in total. The lowest BCUT2D eigenvalue weighted by molar-refractivity contribution is 0.111. The quantitative estimate of drug-likeness (QED) is 0.294. The molecule has 2 rings (SSSR count). The summed E-state index contributed by atoms with van der Waals surface area (Å²) >= 11 is 0. The molecule has 2 aliphatic rings. The number of rotatable bonds is 4. The van der Waals surface area contributed by atoms with Crippen molar-refractivity contribution in [3.05, 3.63) is 11.6 Å². The first-order chi connectivity index (χ1) is 11.2. The van der Waals surface area contributed by atoms with Crippen LogP contribution in [0.5, 0.6) is 0 Å². The zero-order valence-corrected chi connectivity index (χ0v) is 16.9. The van der Waals surface area contributed by atoms with E-state index in [0.29, 0.717) is 19.1 Å². The number of guanidine groups is 1. The molecule has 1 saturated heterocycles. The molecular weight excluding hydrogens is 423 g/mol. The highest BCUT2D eigenvalue weighted by molar-refractivity contribution is 14.0. The van der Waals surface area contributed by atoms with Crippen LogP contribution < -0.4 is 10.6 Å². The second-order valence-corrected chi connectivity index (χ2v) is 5.81. The fourth-order valence-electron chi connectivity index (χ4n) is 2.86. The van der Waals surface area contributed by atoms with Crippen molar-refractivity contribution in [2.45, 2.75) is 31.7 Å². The molecule has 2 heterocycles. The Kier molecular flexibility index (Phi) is 10.1. The van der Waals surface area contributed by atoms with Gasteiger partial charge in [-0.25, -0.2) is 4.79 Å². The highest BCUT2D eigenvalue weighted by Crippen LogP contribution is 2.12. The Balaban J connectivity index is 0.00000288. The Bertz CT molecular complexity index is 449. The van der Waals surface area contributed by atoms with E-state index in [1.54, 1.807) is 11.9 Å². The maximum atomic E-state index is 11.5. The van der Waals surface area contributed by atoms with Gasteiger partial charge in [-0.3, -0.25) is 4.99 Å². The molecule has 0 atom stereocenters. The summed E-state index contributed by atoms with van der Waals surface area (Å²) < 4.78 is 10.1. The normalized spacial score (nSPS) is 19.2. The van der Waals surface area contributed by atoms with E-state index in [0.717, 1.165) is 51.4 Å². The number of hydrogen-bond acceptors (Lipinski definition) is 4. The number of carbonyl (C=O) groups is 1. The molecule has 0 unspecified atom stereocenters. The monoisotopic (exact) mass is 452 g/mol. The number of hydrogen-bond donors (Lipinski definition) is 2. The van der Waals surface area contributed by atoms with Gasteiger partial charge in [0.05, 0.1) is 20.3 Å². The molecule has 0 radical (unpaired) electrons. The number of nitrogens with zero attached hydrogens (tertiary/aromatic N) is 2. The molecule has 0 aromatic heterocycles. The van der Waals surface area contributed by atoms with E-state index in [1.165, 1.54) is 12.7 Å². The first-order valence-corrected chi connectivity index (χ1v) is 8.28. The van der Waals surface area contributed by atoms with Crippen LogP contribution in [0.2, 0.25) is 0 Å². The van der Waals surface area contributed by atoms with Gasteiger partial charge in [-0.2, -0.15) is 0 Å². The summed E-state index contributed by atoms with van der Waals surface area (Å²) in [4.78, 5) is 17.5. The van der Waals surface area contributed by atoms with E-state index in [9.17, 15) is 4.79 Å². The lowest BCUT2D eigenvalue weighted by Crippen LogP contribution is -2.49. The van der Waals surface area contributed by atoms with Gasteiger partial charge >= 0.3 is 6.09 Å². The van der Waals surface area contributed by atoms with Crippen LogP contribution in [0.3, 0.4) is 0 Å². The van der Waals surface area contributed by atoms with Gasteiger partial charge in [0.2, 0.25) is 0 Å². The predicted molar refractivity (Wildman–Crippen MR) is 105 cm³/mol. The molecule has 1 amide bonds. The fraction of sp³-hybridized carbons (Fsp3) is 0.750. The van der Waals surface area contributed by atoms with Crippen LogP contribution in [0, 0.1) is 0 Å². The number of carbonyl (C=O) groups excluding carboxylic acids is 1. The molecular formula is C16H29IN4O3. The summed E-state index contributed by atoms with van der Waals surface area (Å²) in [5.74, 6) is 0.828.